The van der Waals surface area contributed by atoms with Crippen LogP contribution < -0.4 is 14.8 Å². The van der Waals surface area contributed by atoms with E-state index in [2.05, 4.69) is 10.1 Å². The lowest BCUT2D eigenvalue weighted by Crippen LogP contribution is -2.30. The van der Waals surface area contributed by atoms with Crippen molar-refractivity contribution >= 4 is 29.2 Å². The van der Waals surface area contributed by atoms with Crippen LogP contribution >= 0.6 is 11.6 Å². The molecule has 2 rings (SSSR count). The van der Waals surface area contributed by atoms with Crippen molar-refractivity contribution < 1.29 is 37.5 Å². The van der Waals surface area contributed by atoms with Crippen molar-refractivity contribution in [1.82, 2.24) is 5.32 Å². The number of halogens is 3. The average molecular weight is 445 g/mol. The summed E-state index contributed by atoms with van der Waals surface area (Å²) in [6, 6.07) is 7.72. The first-order chi connectivity index (χ1) is 14.2. The monoisotopic (exact) mass is 444 g/mol. The van der Waals surface area contributed by atoms with Crippen LogP contribution in [0.4, 0.5) is 14.5 Å². The number of carbonyl (C=O) groups is 2. The number of rotatable bonds is 9. The third-order valence-electron chi connectivity index (χ3n) is 3.67. The lowest BCUT2D eigenvalue weighted by molar-refractivity contribution is -0.386. The molecule has 30 heavy (non-hydrogen) atoms. The van der Waals surface area contributed by atoms with Gasteiger partial charge in [0.25, 0.3) is 11.6 Å². The maximum absolute atomic E-state index is 12.5. The Balaban J connectivity index is 2.02. The van der Waals surface area contributed by atoms with Gasteiger partial charge in [-0.3, -0.25) is 19.7 Å². The standard InChI is InChI=1S/C18H15ClF2N2O7/c1-28-14-6-11(13(23(26)27)7-15(14)30-18(20)21)9-29-16(24)8-22-17(25)10-2-4-12(19)5-3-10/h2-7,18H,8-9H2,1H3,(H,22,25). The SMILES string of the molecule is COc1cc(COC(=O)CNC(=O)c2ccc(Cl)cc2)c([N+](=O)[O-])cc1OC(F)F. The molecule has 1 N–H and O–H groups in total. The second kappa shape index (κ2) is 10.3. The van der Waals surface area contributed by atoms with Crippen molar-refractivity contribution in [2.24, 2.45) is 0 Å². The van der Waals surface area contributed by atoms with E-state index in [0.29, 0.717) is 5.02 Å². The summed E-state index contributed by atoms with van der Waals surface area (Å²) >= 11 is 5.73. The zero-order valence-electron chi connectivity index (χ0n) is 15.4. The lowest BCUT2D eigenvalue weighted by Gasteiger charge is -2.12. The van der Waals surface area contributed by atoms with Crippen molar-refractivity contribution in [2.45, 2.75) is 13.2 Å². The number of benzene rings is 2. The second-order valence-electron chi connectivity index (χ2n) is 5.62. The summed E-state index contributed by atoms with van der Waals surface area (Å²) in [6.07, 6.45) is 0. The van der Waals surface area contributed by atoms with Gasteiger partial charge in [0.2, 0.25) is 0 Å². The molecule has 160 valence electrons. The molecular weight excluding hydrogens is 430 g/mol. The van der Waals surface area contributed by atoms with Crippen molar-refractivity contribution in [3.63, 3.8) is 0 Å². The van der Waals surface area contributed by atoms with Crippen LogP contribution in [0, 0.1) is 10.1 Å². The summed E-state index contributed by atoms with van der Waals surface area (Å²) in [5.41, 5.74) is -0.456. The Bertz CT molecular complexity index is 939. The van der Waals surface area contributed by atoms with E-state index in [1.807, 2.05) is 0 Å². The fraction of sp³-hybridized carbons (Fsp3) is 0.222. The Kier molecular flexibility index (Phi) is 7.87. The number of alkyl halides is 2. The molecule has 1 amide bonds. The molecule has 2 aromatic carbocycles. The van der Waals surface area contributed by atoms with Crippen molar-refractivity contribution in [3.05, 3.63) is 62.7 Å². The summed E-state index contributed by atoms with van der Waals surface area (Å²) in [7, 11) is 1.15. The first kappa shape index (κ1) is 22.8. The molecule has 0 saturated carbocycles. The zero-order valence-corrected chi connectivity index (χ0v) is 16.2. The molecule has 0 atom stereocenters. The first-order valence-corrected chi connectivity index (χ1v) is 8.58. The van der Waals surface area contributed by atoms with Crippen LogP contribution in [0.5, 0.6) is 11.5 Å². The number of nitrogens with zero attached hydrogens (tertiary/aromatic N) is 1. The highest BCUT2D eigenvalue weighted by Crippen LogP contribution is 2.36. The fourth-order valence-electron chi connectivity index (χ4n) is 2.29. The molecule has 0 unspecified atom stereocenters. The quantitative estimate of drug-likeness (QED) is 0.358. The van der Waals surface area contributed by atoms with Gasteiger partial charge in [-0.2, -0.15) is 8.78 Å². The minimum Gasteiger partial charge on any atom is -0.493 e. The van der Waals surface area contributed by atoms with E-state index in [-0.39, 0.29) is 16.9 Å². The van der Waals surface area contributed by atoms with Crippen LogP contribution in [0.15, 0.2) is 36.4 Å². The average Bonchev–Trinajstić information content (AvgIpc) is 2.70. The first-order valence-electron chi connectivity index (χ1n) is 8.20. The number of amides is 1. The van der Waals surface area contributed by atoms with Crippen LogP contribution in [-0.4, -0.2) is 37.1 Å². The summed E-state index contributed by atoms with van der Waals surface area (Å²) in [6.45, 7) is -4.28. The number of hydrogen-bond acceptors (Lipinski definition) is 7. The largest absolute Gasteiger partial charge is 0.493 e. The van der Waals surface area contributed by atoms with Gasteiger partial charge in [0.15, 0.2) is 11.5 Å². The smallest absolute Gasteiger partial charge is 0.387 e. The van der Waals surface area contributed by atoms with Gasteiger partial charge in [0, 0.05) is 10.6 Å². The summed E-state index contributed by atoms with van der Waals surface area (Å²) in [5, 5.41) is 14.0. The van der Waals surface area contributed by atoms with E-state index in [1.165, 1.54) is 24.3 Å². The molecule has 0 fully saturated rings. The summed E-state index contributed by atoms with van der Waals surface area (Å²) in [4.78, 5) is 34.2. The fourth-order valence-corrected chi connectivity index (χ4v) is 2.42. The lowest BCUT2D eigenvalue weighted by atomic mass is 10.1. The second-order valence-corrected chi connectivity index (χ2v) is 6.05. The van der Waals surface area contributed by atoms with Gasteiger partial charge in [-0.15, -0.1) is 0 Å². The minimum absolute atomic E-state index is 0.115. The highest BCUT2D eigenvalue weighted by Gasteiger charge is 2.22. The predicted molar refractivity (Wildman–Crippen MR) is 99.9 cm³/mol. The van der Waals surface area contributed by atoms with Crippen molar-refractivity contribution in [1.29, 1.82) is 0 Å². The molecule has 0 aliphatic carbocycles. The molecule has 0 aliphatic heterocycles. The molecule has 0 heterocycles. The van der Waals surface area contributed by atoms with Gasteiger partial charge >= 0.3 is 12.6 Å². The maximum atomic E-state index is 12.5. The van der Waals surface area contributed by atoms with E-state index in [9.17, 15) is 28.5 Å². The summed E-state index contributed by atoms with van der Waals surface area (Å²) in [5.74, 6) is -2.17. The van der Waals surface area contributed by atoms with E-state index >= 15 is 0 Å². The Morgan fingerprint density at radius 3 is 2.43 bits per heavy atom. The van der Waals surface area contributed by atoms with Gasteiger partial charge in [0.05, 0.1) is 23.7 Å². The van der Waals surface area contributed by atoms with Gasteiger partial charge in [0.1, 0.15) is 13.2 Å². The van der Waals surface area contributed by atoms with Crippen LogP contribution in [0.2, 0.25) is 5.02 Å². The van der Waals surface area contributed by atoms with E-state index in [1.54, 1.807) is 0 Å². The molecule has 0 saturated heterocycles. The Hall–Kier alpha value is -3.47. The van der Waals surface area contributed by atoms with Crippen molar-refractivity contribution in [2.75, 3.05) is 13.7 Å². The normalized spacial score (nSPS) is 10.4. The molecule has 0 radical (unpaired) electrons. The molecule has 0 bridgehead atoms. The van der Waals surface area contributed by atoms with Gasteiger partial charge in [-0.25, -0.2) is 0 Å². The number of nitrogens with one attached hydrogen (secondary N) is 1. The van der Waals surface area contributed by atoms with Crippen LogP contribution in [0.1, 0.15) is 15.9 Å². The number of esters is 1. The molecule has 0 aromatic heterocycles. The van der Waals surface area contributed by atoms with Crippen LogP contribution in [-0.2, 0) is 16.1 Å². The van der Waals surface area contributed by atoms with Crippen LogP contribution in [0.3, 0.4) is 0 Å². The van der Waals surface area contributed by atoms with Gasteiger partial charge < -0.3 is 19.5 Å². The third-order valence-corrected chi connectivity index (χ3v) is 3.92. The van der Waals surface area contributed by atoms with Gasteiger partial charge in [-0.1, -0.05) is 11.6 Å². The predicted octanol–water partition coefficient (Wildman–Crippen LogP) is 3.33. The van der Waals surface area contributed by atoms with E-state index in [0.717, 1.165) is 19.2 Å². The molecule has 0 spiro atoms. The van der Waals surface area contributed by atoms with E-state index < -0.39 is 48.0 Å². The van der Waals surface area contributed by atoms with Crippen LogP contribution in [0.25, 0.3) is 0 Å². The zero-order chi connectivity index (χ0) is 22.3. The molecule has 12 heteroatoms. The Morgan fingerprint density at radius 2 is 1.87 bits per heavy atom. The maximum Gasteiger partial charge on any atom is 0.387 e. The molecule has 2 aromatic rings. The Labute approximate surface area is 173 Å². The highest BCUT2D eigenvalue weighted by molar-refractivity contribution is 6.30. The number of carbonyl (C=O) groups excluding carboxylic acids is 2. The minimum atomic E-state index is -3.22. The number of ether oxygens (including phenoxy) is 3. The third kappa shape index (κ3) is 6.27. The van der Waals surface area contributed by atoms with E-state index in [4.69, 9.17) is 21.1 Å². The molecule has 0 aliphatic rings. The molecular formula is C18H15ClF2N2O7. The summed E-state index contributed by atoms with van der Waals surface area (Å²) < 4.78 is 38.9. The molecule has 9 nitrogen and oxygen atoms in total. The van der Waals surface area contributed by atoms with Crippen molar-refractivity contribution in [3.8, 4) is 11.5 Å². The topological polar surface area (TPSA) is 117 Å². The highest BCUT2D eigenvalue weighted by atomic mass is 35.5. The number of nitro groups is 1. The number of nitro benzene ring substituents is 1. The number of methoxy groups -OCH3 is 1. The Morgan fingerprint density at radius 1 is 1.20 bits per heavy atom. The van der Waals surface area contributed by atoms with Gasteiger partial charge in [-0.05, 0) is 30.3 Å². The number of hydrogen-bond donors (Lipinski definition) is 1.